The number of hydrogen-bond acceptors (Lipinski definition) is 17. The van der Waals surface area contributed by atoms with Crippen LogP contribution in [-0.4, -0.2) is 81.2 Å². The van der Waals surface area contributed by atoms with Crippen LogP contribution in [0.1, 0.15) is 111 Å². The first-order valence-electron chi connectivity index (χ1n) is 25.1. The highest BCUT2D eigenvalue weighted by atomic mass is 79.9. The lowest BCUT2D eigenvalue weighted by Gasteiger charge is -2.18. The summed E-state index contributed by atoms with van der Waals surface area (Å²) in [4.78, 5) is 85.8. The number of nitrogens with zero attached hydrogens (tertiary/aromatic N) is 5. The number of nitrogens with one attached hydrogen (secondary N) is 7. The normalized spacial score (nSPS) is 10.3. The minimum Gasteiger partial charge on any atom is -0.477 e. The third kappa shape index (κ3) is 27.3. The SMILES string of the molecule is CC(C)(C)ONC(=O)c1cc(Br)ccn1.CC(C)(C)ONC(=O)c1cc(NCc2ccccc2)ccn1.O=C(NO)c1cc(NCc2ccccc2)ccn1.O=C(NO)c1cc(NCc2ccccc2)ccn1.O=C(O)c1cc(Br)ccn1. The van der Waals surface area contributed by atoms with Crippen molar-refractivity contribution in [3.8, 4) is 0 Å². The van der Waals surface area contributed by atoms with Crippen molar-refractivity contribution in [2.75, 3.05) is 16.0 Å². The fraction of sp³-hybridized carbons (Fsp3) is 0.186. The van der Waals surface area contributed by atoms with Crippen LogP contribution in [-0.2, 0) is 29.3 Å². The van der Waals surface area contributed by atoms with Gasteiger partial charge in [-0.1, -0.05) is 123 Å². The average molecular weight is 1260 g/mol. The van der Waals surface area contributed by atoms with Gasteiger partial charge in [-0.3, -0.25) is 59.2 Å². The summed E-state index contributed by atoms with van der Waals surface area (Å²) in [6.07, 6.45) is 7.61. The van der Waals surface area contributed by atoms with Crippen LogP contribution in [0.25, 0.3) is 0 Å². The number of aromatic carboxylic acids is 1. The Morgan fingerprint density at radius 2 is 0.687 bits per heavy atom. The molecule has 0 fully saturated rings. The fourth-order valence-electron chi connectivity index (χ4n) is 6.06. The zero-order valence-electron chi connectivity index (χ0n) is 46.1. The number of carbonyl (C=O) groups excluding carboxylic acids is 4. The molecule has 5 heterocycles. The Balaban J connectivity index is 0.000000227. The molecule has 4 amide bonds. The van der Waals surface area contributed by atoms with Gasteiger partial charge in [0.15, 0.2) is 0 Å². The molecule has 83 heavy (non-hydrogen) atoms. The molecule has 434 valence electrons. The molecule has 0 aliphatic rings. The van der Waals surface area contributed by atoms with Crippen molar-refractivity contribution >= 4 is 78.5 Å². The van der Waals surface area contributed by atoms with E-state index in [1.54, 1.807) is 71.9 Å². The van der Waals surface area contributed by atoms with Gasteiger partial charge in [0.2, 0.25) is 0 Å². The van der Waals surface area contributed by atoms with E-state index in [9.17, 15) is 24.0 Å². The predicted molar refractivity (Wildman–Crippen MR) is 320 cm³/mol. The second-order valence-electron chi connectivity index (χ2n) is 19.0. The number of hydrogen-bond donors (Lipinski definition) is 10. The van der Waals surface area contributed by atoms with E-state index in [2.05, 4.69) is 83.7 Å². The second-order valence-corrected chi connectivity index (χ2v) is 20.8. The lowest BCUT2D eigenvalue weighted by Crippen LogP contribution is -2.33. The Hall–Kier alpha value is -9.04. The number of anilines is 3. The standard InChI is InChI=1S/C17H21N3O2.2C13H13N3O2.C10H13BrN2O2.C6H4BrNO2/c1-17(2,3)22-20-16(21)15-11-14(9-10-18-15)19-12-13-7-5-4-6-8-13;2*17-13(16-18)12-8-11(6-7-14-12)15-9-10-4-2-1-3-5-10;1-10(2,3)15-13-9(14)8-6-7(11)4-5-12-8;7-4-1-2-8-5(3-4)6(9)10/h4-11H,12H2,1-3H3,(H,18,19)(H,20,21);2*1-8,18H,9H2,(H,14,15)(H,16,17);4-6H,1-3H3,(H,13,14);1-3H,(H,9,10). The van der Waals surface area contributed by atoms with Crippen molar-refractivity contribution in [3.63, 3.8) is 0 Å². The fourth-order valence-corrected chi connectivity index (χ4v) is 6.73. The summed E-state index contributed by atoms with van der Waals surface area (Å²) < 4.78 is 1.53. The highest BCUT2D eigenvalue weighted by Gasteiger charge is 2.16. The van der Waals surface area contributed by atoms with Gasteiger partial charge in [-0.05, 0) is 119 Å². The van der Waals surface area contributed by atoms with Crippen LogP contribution in [0.4, 0.5) is 17.1 Å². The molecule has 8 aromatic rings. The van der Waals surface area contributed by atoms with Crippen LogP contribution in [0.5, 0.6) is 0 Å². The number of carboxylic acids is 1. The van der Waals surface area contributed by atoms with Gasteiger partial charge in [0.1, 0.15) is 28.5 Å². The van der Waals surface area contributed by atoms with E-state index in [4.69, 9.17) is 25.2 Å². The monoisotopic (exact) mass is 1260 g/mol. The van der Waals surface area contributed by atoms with E-state index in [1.165, 1.54) is 30.2 Å². The van der Waals surface area contributed by atoms with Crippen LogP contribution >= 0.6 is 31.9 Å². The molecular formula is C59H64Br2N12O10. The quantitative estimate of drug-likeness (QED) is 0.0317. The highest BCUT2D eigenvalue weighted by Crippen LogP contribution is 2.15. The van der Waals surface area contributed by atoms with E-state index in [0.717, 1.165) is 37.1 Å². The largest absolute Gasteiger partial charge is 0.477 e. The van der Waals surface area contributed by atoms with Crippen LogP contribution < -0.4 is 37.9 Å². The number of aromatic nitrogens is 5. The Morgan fingerprint density at radius 3 is 0.964 bits per heavy atom. The zero-order valence-corrected chi connectivity index (χ0v) is 49.3. The van der Waals surface area contributed by atoms with Crippen molar-refractivity contribution in [1.82, 2.24) is 46.8 Å². The molecule has 3 aromatic carbocycles. The van der Waals surface area contributed by atoms with Crippen molar-refractivity contribution in [3.05, 3.63) is 237 Å². The molecule has 0 aliphatic heterocycles. The topological polar surface area (TPSA) is 313 Å². The number of carboxylic acid groups (broad SMARTS) is 1. The predicted octanol–water partition coefficient (Wildman–Crippen LogP) is 10.6. The lowest BCUT2D eigenvalue weighted by molar-refractivity contribution is -0.0591. The molecule has 0 atom stereocenters. The molecule has 0 saturated heterocycles. The molecule has 24 heteroatoms. The number of rotatable bonds is 16. The van der Waals surface area contributed by atoms with Gasteiger partial charge in [0.25, 0.3) is 23.6 Å². The molecule has 0 spiro atoms. The van der Waals surface area contributed by atoms with Crippen LogP contribution in [0.15, 0.2) is 192 Å². The summed E-state index contributed by atoms with van der Waals surface area (Å²) >= 11 is 6.39. The third-order valence-corrected chi connectivity index (χ3v) is 11.0. The van der Waals surface area contributed by atoms with Gasteiger partial charge in [-0.25, -0.2) is 31.7 Å². The highest BCUT2D eigenvalue weighted by molar-refractivity contribution is 9.10. The molecule has 0 aliphatic carbocycles. The molecule has 0 saturated carbocycles. The van der Waals surface area contributed by atoms with E-state index in [0.29, 0.717) is 31.0 Å². The Morgan fingerprint density at radius 1 is 0.410 bits per heavy atom. The first-order valence-corrected chi connectivity index (χ1v) is 26.7. The minimum absolute atomic E-state index is 0.0503. The summed E-state index contributed by atoms with van der Waals surface area (Å²) in [6, 6.07) is 46.6. The van der Waals surface area contributed by atoms with Gasteiger partial charge in [0, 0.05) is 76.6 Å². The van der Waals surface area contributed by atoms with Gasteiger partial charge in [0.05, 0.1) is 11.2 Å². The Labute approximate surface area is 497 Å². The van der Waals surface area contributed by atoms with Crippen molar-refractivity contribution in [1.29, 1.82) is 0 Å². The molecule has 0 bridgehead atoms. The molecule has 0 unspecified atom stereocenters. The minimum atomic E-state index is -1.01. The maximum absolute atomic E-state index is 12.0. The summed E-state index contributed by atoms with van der Waals surface area (Å²) in [5.74, 6) is -2.98. The van der Waals surface area contributed by atoms with Crippen molar-refractivity contribution in [2.24, 2.45) is 0 Å². The number of halogens is 2. The molecule has 5 aromatic heterocycles. The van der Waals surface area contributed by atoms with Crippen LogP contribution in [0.2, 0.25) is 0 Å². The van der Waals surface area contributed by atoms with Crippen LogP contribution in [0, 0.1) is 0 Å². The first-order chi connectivity index (χ1) is 39.6. The zero-order chi connectivity index (χ0) is 60.6. The summed E-state index contributed by atoms with van der Waals surface area (Å²) in [5.41, 5.74) is 13.8. The van der Waals surface area contributed by atoms with Gasteiger partial charge in [-0.15, -0.1) is 0 Å². The van der Waals surface area contributed by atoms with Gasteiger partial charge < -0.3 is 21.1 Å². The van der Waals surface area contributed by atoms with Crippen molar-refractivity contribution < 1.29 is 49.2 Å². The average Bonchev–Trinajstić information content (AvgIpc) is 3.53. The number of carbonyl (C=O) groups is 5. The van der Waals surface area contributed by atoms with Crippen molar-refractivity contribution in [2.45, 2.75) is 72.4 Å². The summed E-state index contributed by atoms with van der Waals surface area (Å²) in [5, 5.41) is 35.1. The number of amides is 4. The number of benzene rings is 3. The molecular weight excluding hydrogens is 1200 g/mol. The van der Waals surface area contributed by atoms with E-state index in [-0.39, 0.29) is 28.9 Å². The Kier molecular flexibility index (Phi) is 28.0. The second kappa shape index (κ2) is 35.0. The summed E-state index contributed by atoms with van der Waals surface area (Å²) in [7, 11) is 0. The lowest BCUT2D eigenvalue weighted by atomic mass is 10.2. The smallest absolute Gasteiger partial charge is 0.354 e. The molecule has 0 radical (unpaired) electrons. The number of hydroxylamine groups is 4. The molecule has 22 nitrogen and oxygen atoms in total. The van der Waals surface area contributed by atoms with Gasteiger partial charge >= 0.3 is 5.97 Å². The molecule has 8 rings (SSSR count). The number of pyridine rings is 5. The van der Waals surface area contributed by atoms with Gasteiger partial charge in [-0.2, -0.15) is 0 Å². The van der Waals surface area contributed by atoms with E-state index in [1.807, 2.05) is 139 Å². The van der Waals surface area contributed by atoms with Crippen LogP contribution in [0.3, 0.4) is 0 Å². The third-order valence-electron chi connectivity index (χ3n) is 9.99. The first kappa shape index (κ1) is 66.5. The Bertz CT molecular complexity index is 3200. The van der Waals surface area contributed by atoms with E-state index < -0.39 is 29.0 Å². The maximum Gasteiger partial charge on any atom is 0.354 e. The van der Waals surface area contributed by atoms with E-state index >= 15 is 0 Å². The summed E-state index contributed by atoms with van der Waals surface area (Å²) in [6.45, 7) is 13.1. The maximum atomic E-state index is 12.0. The molecule has 10 N–H and O–H groups in total.